The van der Waals surface area contributed by atoms with Gasteiger partial charge in [-0.15, -0.1) is 0 Å². The van der Waals surface area contributed by atoms with Crippen LogP contribution in [-0.2, 0) is 0 Å². The highest BCUT2D eigenvalue weighted by atomic mass is 16.4. The molecule has 3 heteroatoms. The van der Waals surface area contributed by atoms with Gasteiger partial charge in [0.05, 0.1) is 6.10 Å². The highest BCUT2D eigenvalue weighted by Gasteiger charge is 2.45. The van der Waals surface area contributed by atoms with Gasteiger partial charge in [-0.3, -0.25) is 0 Å². The molecule has 16 heavy (non-hydrogen) atoms. The van der Waals surface area contributed by atoms with E-state index in [1.54, 1.807) is 6.92 Å². The van der Waals surface area contributed by atoms with E-state index in [0.29, 0.717) is 17.8 Å². The summed E-state index contributed by atoms with van der Waals surface area (Å²) in [6.07, 6.45) is 2.36. The Labute approximate surface area is 99.0 Å². The van der Waals surface area contributed by atoms with Gasteiger partial charge >= 0.3 is 0 Å². The lowest BCUT2D eigenvalue weighted by Crippen LogP contribution is -2.59. The molecule has 0 amide bonds. The third-order valence-corrected chi connectivity index (χ3v) is 4.29. The highest BCUT2D eigenvalue weighted by molar-refractivity contribution is 4.93. The quantitative estimate of drug-likeness (QED) is 0.646. The van der Waals surface area contributed by atoms with Gasteiger partial charge in [0.1, 0.15) is 5.72 Å². The number of aliphatic hydroxyl groups is 2. The third-order valence-electron chi connectivity index (χ3n) is 4.29. The van der Waals surface area contributed by atoms with Gasteiger partial charge in [-0.1, -0.05) is 27.2 Å². The second kappa shape index (κ2) is 5.03. The Morgan fingerprint density at radius 1 is 1.25 bits per heavy atom. The van der Waals surface area contributed by atoms with E-state index in [9.17, 15) is 10.2 Å². The largest absolute Gasteiger partial charge is 0.389 e. The van der Waals surface area contributed by atoms with Crippen LogP contribution >= 0.6 is 0 Å². The Hall–Kier alpha value is -0.120. The fourth-order valence-corrected chi connectivity index (χ4v) is 3.04. The summed E-state index contributed by atoms with van der Waals surface area (Å²) in [5.74, 6) is 1.53. The smallest absolute Gasteiger partial charge is 0.142 e. The zero-order valence-electron chi connectivity index (χ0n) is 11.0. The summed E-state index contributed by atoms with van der Waals surface area (Å²) >= 11 is 0. The average Bonchev–Trinajstić information content (AvgIpc) is 2.16. The fourth-order valence-electron chi connectivity index (χ4n) is 3.04. The van der Waals surface area contributed by atoms with Crippen molar-refractivity contribution >= 4 is 0 Å². The Balaban J connectivity index is 2.86. The van der Waals surface area contributed by atoms with Crippen LogP contribution in [0.25, 0.3) is 0 Å². The molecule has 3 nitrogen and oxygen atoms in total. The maximum Gasteiger partial charge on any atom is 0.142 e. The van der Waals surface area contributed by atoms with E-state index in [-0.39, 0.29) is 5.92 Å². The van der Waals surface area contributed by atoms with Gasteiger partial charge in [0, 0.05) is 5.92 Å². The number of nitrogens with two attached hydrogens (primary N) is 1. The van der Waals surface area contributed by atoms with Crippen molar-refractivity contribution < 1.29 is 10.2 Å². The molecule has 5 atom stereocenters. The molecule has 0 aromatic carbocycles. The number of aliphatic hydroxyl groups excluding tert-OH is 1. The molecule has 1 rings (SSSR count). The molecule has 1 aliphatic carbocycles. The first-order chi connectivity index (χ1) is 7.26. The van der Waals surface area contributed by atoms with E-state index in [4.69, 9.17) is 5.73 Å². The van der Waals surface area contributed by atoms with Gasteiger partial charge in [0.25, 0.3) is 0 Å². The van der Waals surface area contributed by atoms with E-state index in [1.165, 1.54) is 6.42 Å². The molecule has 0 saturated heterocycles. The van der Waals surface area contributed by atoms with Gasteiger partial charge in [-0.05, 0) is 37.5 Å². The molecule has 0 heterocycles. The van der Waals surface area contributed by atoms with Crippen molar-refractivity contribution in [3.05, 3.63) is 0 Å². The Kier molecular flexibility index (Phi) is 4.38. The van der Waals surface area contributed by atoms with Crippen molar-refractivity contribution in [2.24, 2.45) is 29.4 Å². The van der Waals surface area contributed by atoms with Crippen LogP contribution in [-0.4, -0.2) is 22.0 Å². The van der Waals surface area contributed by atoms with E-state index < -0.39 is 11.8 Å². The van der Waals surface area contributed by atoms with E-state index in [2.05, 4.69) is 20.8 Å². The summed E-state index contributed by atoms with van der Waals surface area (Å²) < 4.78 is 0. The van der Waals surface area contributed by atoms with Crippen LogP contribution < -0.4 is 5.73 Å². The predicted octanol–water partition coefficient (Wildman–Crippen LogP) is 1.72. The van der Waals surface area contributed by atoms with E-state index in [0.717, 1.165) is 12.8 Å². The highest BCUT2D eigenvalue weighted by Crippen LogP contribution is 2.42. The monoisotopic (exact) mass is 229 g/mol. The summed E-state index contributed by atoms with van der Waals surface area (Å²) in [7, 11) is 0. The topological polar surface area (TPSA) is 66.5 Å². The van der Waals surface area contributed by atoms with Gasteiger partial charge in [-0.25, -0.2) is 0 Å². The van der Waals surface area contributed by atoms with Gasteiger partial charge in [-0.2, -0.15) is 0 Å². The number of hydrogen-bond donors (Lipinski definition) is 3. The Morgan fingerprint density at radius 2 is 1.81 bits per heavy atom. The molecular formula is C13H27NO2. The van der Waals surface area contributed by atoms with Crippen molar-refractivity contribution in [2.45, 2.75) is 58.8 Å². The molecule has 0 aromatic rings. The molecule has 5 unspecified atom stereocenters. The molecule has 0 radical (unpaired) electrons. The molecule has 1 aliphatic rings. The lowest BCUT2D eigenvalue weighted by Gasteiger charge is -2.45. The maximum atomic E-state index is 10.3. The Bertz CT molecular complexity index is 226. The zero-order valence-corrected chi connectivity index (χ0v) is 11.0. The number of hydrogen-bond acceptors (Lipinski definition) is 3. The molecule has 0 aromatic heterocycles. The maximum absolute atomic E-state index is 10.3. The van der Waals surface area contributed by atoms with Gasteiger partial charge < -0.3 is 15.9 Å². The van der Waals surface area contributed by atoms with Crippen LogP contribution in [0.4, 0.5) is 0 Å². The van der Waals surface area contributed by atoms with Crippen LogP contribution in [0.2, 0.25) is 0 Å². The summed E-state index contributed by atoms with van der Waals surface area (Å²) in [5.41, 5.74) is 4.49. The van der Waals surface area contributed by atoms with Crippen LogP contribution in [0, 0.1) is 23.7 Å². The zero-order chi connectivity index (χ0) is 12.5. The van der Waals surface area contributed by atoms with Crippen LogP contribution in [0.15, 0.2) is 0 Å². The summed E-state index contributed by atoms with van der Waals surface area (Å²) in [4.78, 5) is 0. The summed E-state index contributed by atoms with van der Waals surface area (Å²) in [6, 6.07) is 0. The lowest BCUT2D eigenvalue weighted by molar-refractivity contribution is -0.137. The molecule has 0 aliphatic heterocycles. The van der Waals surface area contributed by atoms with Crippen molar-refractivity contribution in [1.82, 2.24) is 0 Å². The molecule has 1 fully saturated rings. The first kappa shape index (κ1) is 13.9. The van der Waals surface area contributed by atoms with Crippen molar-refractivity contribution in [3.8, 4) is 0 Å². The van der Waals surface area contributed by atoms with E-state index in [1.807, 2.05) is 0 Å². The Morgan fingerprint density at radius 3 is 2.25 bits per heavy atom. The minimum Gasteiger partial charge on any atom is -0.389 e. The molecular weight excluding hydrogens is 202 g/mol. The van der Waals surface area contributed by atoms with Crippen LogP contribution in [0.5, 0.6) is 0 Å². The SMILES string of the molecule is CC1CCC(C(C)C)C(C(N)(O)C(C)O)C1. The summed E-state index contributed by atoms with van der Waals surface area (Å²) in [6.45, 7) is 8.12. The first-order valence-corrected chi connectivity index (χ1v) is 6.46. The standard InChI is InChI=1S/C13H27NO2/c1-8(2)11-6-5-9(3)7-12(11)13(14,16)10(4)15/h8-12,15-16H,5-7,14H2,1-4H3. The molecule has 4 N–H and O–H groups in total. The summed E-state index contributed by atoms with van der Waals surface area (Å²) in [5, 5.41) is 19.9. The van der Waals surface area contributed by atoms with Crippen molar-refractivity contribution in [1.29, 1.82) is 0 Å². The lowest BCUT2D eigenvalue weighted by atomic mass is 9.65. The predicted molar refractivity (Wildman–Crippen MR) is 65.7 cm³/mol. The second-order valence-electron chi connectivity index (χ2n) is 6.00. The minimum atomic E-state index is -1.44. The first-order valence-electron chi connectivity index (χ1n) is 6.46. The van der Waals surface area contributed by atoms with Gasteiger partial charge in [0.2, 0.25) is 0 Å². The van der Waals surface area contributed by atoms with Crippen molar-refractivity contribution in [3.63, 3.8) is 0 Å². The second-order valence-corrected chi connectivity index (χ2v) is 6.00. The molecule has 0 spiro atoms. The van der Waals surface area contributed by atoms with Crippen molar-refractivity contribution in [2.75, 3.05) is 0 Å². The normalized spacial score (nSPS) is 37.1. The number of rotatable bonds is 3. The average molecular weight is 229 g/mol. The van der Waals surface area contributed by atoms with Crippen LogP contribution in [0.3, 0.4) is 0 Å². The minimum absolute atomic E-state index is 0.0104. The fraction of sp³-hybridized carbons (Fsp3) is 1.00. The third kappa shape index (κ3) is 2.76. The molecule has 96 valence electrons. The van der Waals surface area contributed by atoms with E-state index >= 15 is 0 Å². The van der Waals surface area contributed by atoms with Gasteiger partial charge in [0.15, 0.2) is 0 Å². The van der Waals surface area contributed by atoms with Crippen LogP contribution in [0.1, 0.15) is 47.0 Å². The molecule has 1 saturated carbocycles. The molecule has 0 bridgehead atoms.